The number of amides is 1. The molecule has 0 bridgehead atoms. The van der Waals surface area contributed by atoms with E-state index in [1.165, 1.54) is 70.0 Å². The molecule has 27 heavy (non-hydrogen) atoms. The summed E-state index contributed by atoms with van der Waals surface area (Å²) in [5, 5.41) is 3.06. The Morgan fingerprint density at radius 3 is 2.19 bits per heavy atom. The molecule has 4 nitrogen and oxygen atoms in total. The SMILES string of the molecule is CCCCCCCCCCCCSCCC(=O)NCCCN1CCOCC1. The van der Waals surface area contributed by atoms with Gasteiger partial charge in [0.1, 0.15) is 0 Å². The van der Waals surface area contributed by atoms with E-state index in [-0.39, 0.29) is 5.91 Å². The maximum absolute atomic E-state index is 11.8. The van der Waals surface area contributed by atoms with Gasteiger partial charge in [-0.2, -0.15) is 11.8 Å². The molecular formula is C22H44N2O2S. The van der Waals surface area contributed by atoms with Crippen molar-refractivity contribution in [1.82, 2.24) is 10.2 Å². The van der Waals surface area contributed by atoms with E-state index in [0.29, 0.717) is 6.42 Å². The fourth-order valence-corrected chi connectivity index (χ4v) is 4.34. The first-order valence-corrected chi connectivity index (χ1v) is 12.6. The topological polar surface area (TPSA) is 41.6 Å². The number of nitrogens with zero attached hydrogens (tertiary/aromatic N) is 1. The molecule has 1 aliphatic heterocycles. The fourth-order valence-electron chi connectivity index (χ4n) is 3.40. The minimum Gasteiger partial charge on any atom is -0.379 e. The third kappa shape index (κ3) is 16.4. The molecule has 1 rings (SSSR count). The van der Waals surface area contributed by atoms with Gasteiger partial charge in [-0.05, 0) is 25.1 Å². The van der Waals surface area contributed by atoms with Crippen LogP contribution in [0, 0.1) is 0 Å². The molecule has 0 aromatic carbocycles. The number of carbonyl (C=O) groups is 1. The summed E-state index contributed by atoms with van der Waals surface area (Å²) in [6, 6.07) is 0. The maximum atomic E-state index is 11.8. The maximum Gasteiger partial charge on any atom is 0.220 e. The van der Waals surface area contributed by atoms with Gasteiger partial charge in [0.2, 0.25) is 5.91 Å². The van der Waals surface area contributed by atoms with E-state index in [4.69, 9.17) is 4.74 Å². The van der Waals surface area contributed by atoms with Crippen LogP contribution in [0.1, 0.15) is 84.0 Å². The molecule has 1 saturated heterocycles. The highest BCUT2D eigenvalue weighted by Gasteiger charge is 2.09. The number of thioether (sulfide) groups is 1. The van der Waals surface area contributed by atoms with Crippen molar-refractivity contribution in [2.24, 2.45) is 0 Å². The van der Waals surface area contributed by atoms with Crippen LogP contribution in [0.25, 0.3) is 0 Å². The molecule has 5 heteroatoms. The smallest absolute Gasteiger partial charge is 0.220 e. The zero-order valence-corrected chi connectivity index (χ0v) is 18.6. The zero-order valence-electron chi connectivity index (χ0n) is 17.8. The normalized spacial score (nSPS) is 15.1. The number of carbonyl (C=O) groups excluding carboxylic acids is 1. The predicted octanol–water partition coefficient (Wildman–Crippen LogP) is 4.87. The van der Waals surface area contributed by atoms with Crippen molar-refractivity contribution in [3.05, 3.63) is 0 Å². The summed E-state index contributed by atoms with van der Waals surface area (Å²) in [4.78, 5) is 14.3. The molecule has 1 aliphatic rings. The highest BCUT2D eigenvalue weighted by Crippen LogP contribution is 2.12. The van der Waals surface area contributed by atoms with Crippen LogP contribution >= 0.6 is 11.8 Å². The quantitative estimate of drug-likeness (QED) is 0.333. The van der Waals surface area contributed by atoms with E-state index in [1.807, 2.05) is 11.8 Å². The second-order valence-corrected chi connectivity index (χ2v) is 8.93. The molecule has 0 spiro atoms. The third-order valence-corrected chi connectivity index (χ3v) is 6.26. The van der Waals surface area contributed by atoms with E-state index >= 15 is 0 Å². The molecule has 0 atom stereocenters. The van der Waals surface area contributed by atoms with Gasteiger partial charge in [-0.15, -0.1) is 0 Å². The summed E-state index contributed by atoms with van der Waals surface area (Å²) in [5.74, 6) is 2.39. The molecule has 0 unspecified atom stereocenters. The van der Waals surface area contributed by atoms with Crippen LogP contribution in [0.2, 0.25) is 0 Å². The second kappa shape index (κ2) is 19.1. The number of morpholine rings is 1. The highest BCUT2D eigenvalue weighted by atomic mass is 32.2. The monoisotopic (exact) mass is 400 g/mol. The number of nitrogens with one attached hydrogen (secondary N) is 1. The summed E-state index contributed by atoms with van der Waals surface area (Å²) in [7, 11) is 0. The van der Waals surface area contributed by atoms with Crippen molar-refractivity contribution in [3.63, 3.8) is 0 Å². The summed E-state index contributed by atoms with van der Waals surface area (Å²) >= 11 is 1.94. The van der Waals surface area contributed by atoms with Crippen LogP contribution in [-0.4, -0.2) is 61.7 Å². The molecular weight excluding hydrogens is 356 g/mol. The van der Waals surface area contributed by atoms with Gasteiger partial charge in [0, 0.05) is 31.8 Å². The van der Waals surface area contributed by atoms with Crippen LogP contribution in [0.15, 0.2) is 0 Å². The molecule has 0 radical (unpaired) electrons. The summed E-state index contributed by atoms with van der Waals surface area (Å²) in [6.45, 7) is 7.91. The lowest BCUT2D eigenvalue weighted by Crippen LogP contribution is -2.38. The fraction of sp³-hybridized carbons (Fsp3) is 0.955. The molecule has 160 valence electrons. The van der Waals surface area contributed by atoms with Gasteiger partial charge in [0.05, 0.1) is 13.2 Å². The minimum atomic E-state index is 0.215. The largest absolute Gasteiger partial charge is 0.379 e. The standard InChI is InChI=1S/C22H44N2O2S/c1-2-3-4-5-6-7-8-9-10-11-20-27-21-13-22(25)23-14-12-15-24-16-18-26-19-17-24/h2-21H2,1H3,(H,23,25). The molecule has 1 heterocycles. The number of ether oxygens (including phenoxy) is 1. The van der Waals surface area contributed by atoms with Gasteiger partial charge in [-0.1, -0.05) is 64.7 Å². The molecule has 0 aromatic rings. The van der Waals surface area contributed by atoms with Crippen LogP contribution in [0.5, 0.6) is 0 Å². The Morgan fingerprint density at radius 1 is 0.889 bits per heavy atom. The van der Waals surface area contributed by atoms with E-state index in [9.17, 15) is 4.79 Å². The first-order chi connectivity index (χ1) is 13.3. The van der Waals surface area contributed by atoms with E-state index < -0.39 is 0 Å². The Kier molecular flexibility index (Phi) is 17.5. The lowest BCUT2D eigenvalue weighted by atomic mass is 10.1. The van der Waals surface area contributed by atoms with Crippen LogP contribution in [0.4, 0.5) is 0 Å². The summed E-state index contributed by atoms with van der Waals surface area (Å²) in [6.07, 6.45) is 15.6. The van der Waals surface area contributed by atoms with Crippen molar-refractivity contribution < 1.29 is 9.53 Å². The van der Waals surface area contributed by atoms with E-state index in [1.54, 1.807) is 0 Å². The Balaban J connectivity index is 1.74. The van der Waals surface area contributed by atoms with Gasteiger partial charge < -0.3 is 10.1 Å². The second-order valence-electron chi connectivity index (χ2n) is 7.70. The lowest BCUT2D eigenvalue weighted by Gasteiger charge is -2.26. The van der Waals surface area contributed by atoms with Gasteiger partial charge >= 0.3 is 0 Å². The third-order valence-electron chi connectivity index (χ3n) is 5.19. The Morgan fingerprint density at radius 2 is 1.52 bits per heavy atom. The van der Waals surface area contributed by atoms with Gasteiger partial charge in [-0.25, -0.2) is 0 Å². The van der Waals surface area contributed by atoms with Gasteiger partial charge in [0.25, 0.3) is 0 Å². The first-order valence-electron chi connectivity index (χ1n) is 11.5. The van der Waals surface area contributed by atoms with E-state index in [0.717, 1.165) is 51.6 Å². The van der Waals surface area contributed by atoms with Crippen molar-refractivity contribution in [3.8, 4) is 0 Å². The highest BCUT2D eigenvalue weighted by molar-refractivity contribution is 7.99. The number of unbranched alkanes of at least 4 members (excludes halogenated alkanes) is 9. The molecule has 1 fully saturated rings. The van der Waals surface area contributed by atoms with Crippen molar-refractivity contribution in [2.45, 2.75) is 84.0 Å². The Hall–Kier alpha value is -0.260. The zero-order chi connectivity index (χ0) is 19.4. The summed E-state index contributed by atoms with van der Waals surface area (Å²) < 4.78 is 5.34. The van der Waals surface area contributed by atoms with Gasteiger partial charge in [0.15, 0.2) is 0 Å². The van der Waals surface area contributed by atoms with Gasteiger partial charge in [-0.3, -0.25) is 9.69 Å². The van der Waals surface area contributed by atoms with Crippen molar-refractivity contribution in [2.75, 3.05) is 50.9 Å². The van der Waals surface area contributed by atoms with Crippen molar-refractivity contribution >= 4 is 17.7 Å². The Bertz CT molecular complexity index is 336. The lowest BCUT2D eigenvalue weighted by molar-refractivity contribution is -0.120. The van der Waals surface area contributed by atoms with Crippen LogP contribution in [0.3, 0.4) is 0 Å². The predicted molar refractivity (Wildman–Crippen MR) is 119 cm³/mol. The number of rotatable bonds is 18. The molecule has 1 amide bonds. The number of hydrogen-bond acceptors (Lipinski definition) is 4. The molecule has 0 aromatic heterocycles. The molecule has 0 saturated carbocycles. The summed E-state index contributed by atoms with van der Waals surface area (Å²) in [5.41, 5.74) is 0. The Labute approximate surface area is 172 Å². The molecule has 1 N–H and O–H groups in total. The van der Waals surface area contributed by atoms with Crippen LogP contribution in [-0.2, 0) is 9.53 Å². The minimum absolute atomic E-state index is 0.215. The average Bonchev–Trinajstić information content (AvgIpc) is 2.69. The van der Waals surface area contributed by atoms with Crippen molar-refractivity contribution in [1.29, 1.82) is 0 Å². The number of hydrogen-bond donors (Lipinski definition) is 1. The average molecular weight is 401 g/mol. The van der Waals surface area contributed by atoms with Crippen LogP contribution < -0.4 is 5.32 Å². The molecule has 0 aliphatic carbocycles. The first kappa shape index (κ1) is 24.8. The van der Waals surface area contributed by atoms with E-state index in [2.05, 4.69) is 17.1 Å².